The lowest BCUT2D eigenvalue weighted by Crippen LogP contribution is -2.64. The molecule has 2 atom stereocenters. The summed E-state index contributed by atoms with van der Waals surface area (Å²) in [6.45, 7) is 0. The van der Waals surface area contributed by atoms with E-state index in [4.69, 9.17) is 4.74 Å². The van der Waals surface area contributed by atoms with Crippen molar-refractivity contribution in [2.24, 2.45) is 5.41 Å². The standard InChI is InChI=1S/C16H19N3O/c1-20-14-9-13(16(14)7-4-8-16)19-15-10-17-11-5-2-3-6-12(11)18-15/h2-3,5-6,10,13-14H,4,7-9H2,1H3,(H,18,19). The molecule has 2 unspecified atom stereocenters. The van der Waals surface area contributed by atoms with Crippen LogP contribution in [0.1, 0.15) is 25.7 Å². The van der Waals surface area contributed by atoms with Crippen LogP contribution in [-0.4, -0.2) is 29.2 Å². The molecule has 0 saturated heterocycles. The molecule has 1 N–H and O–H groups in total. The van der Waals surface area contributed by atoms with Gasteiger partial charge in [-0.3, -0.25) is 4.98 Å². The molecule has 4 heteroatoms. The zero-order valence-electron chi connectivity index (χ0n) is 11.7. The molecule has 4 rings (SSSR count). The Morgan fingerprint density at radius 1 is 1.25 bits per heavy atom. The van der Waals surface area contributed by atoms with Crippen molar-refractivity contribution in [3.05, 3.63) is 30.5 Å². The molecular formula is C16H19N3O. The Hall–Kier alpha value is -1.68. The number of methoxy groups -OCH3 is 1. The number of hydrogen-bond donors (Lipinski definition) is 1. The number of nitrogens with one attached hydrogen (secondary N) is 1. The van der Waals surface area contributed by atoms with Gasteiger partial charge in [-0.2, -0.15) is 0 Å². The molecule has 0 amide bonds. The van der Waals surface area contributed by atoms with Crippen LogP contribution in [0.2, 0.25) is 0 Å². The van der Waals surface area contributed by atoms with Crippen molar-refractivity contribution >= 4 is 16.9 Å². The van der Waals surface area contributed by atoms with Gasteiger partial charge in [0.1, 0.15) is 5.82 Å². The third-order valence-electron chi connectivity index (χ3n) is 5.12. The first-order valence-corrected chi connectivity index (χ1v) is 7.33. The van der Waals surface area contributed by atoms with E-state index in [1.54, 1.807) is 0 Å². The van der Waals surface area contributed by atoms with Gasteiger partial charge in [0.2, 0.25) is 0 Å². The molecule has 1 spiro atoms. The summed E-state index contributed by atoms with van der Waals surface area (Å²) in [4.78, 5) is 9.12. The average Bonchev–Trinajstić information content (AvgIpc) is 2.41. The van der Waals surface area contributed by atoms with E-state index < -0.39 is 0 Å². The van der Waals surface area contributed by atoms with Crippen molar-refractivity contribution in [1.29, 1.82) is 0 Å². The number of anilines is 1. The molecule has 2 saturated carbocycles. The SMILES string of the molecule is COC1CC(Nc2cnc3ccccc3n2)C12CCC2. The summed E-state index contributed by atoms with van der Waals surface area (Å²) in [6, 6.07) is 8.47. The number of fused-ring (bicyclic) bond motifs is 1. The molecule has 2 aromatic rings. The van der Waals surface area contributed by atoms with Gasteiger partial charge in [-0.1, -0.05) is 18.6 Å². The number of hydrogen-bond acceptors (Lipinski definition) is 4. The van der Waals surface area contributed by atoms with Crippen molar-refractivity contribution in [3.8, 4) is 0 Å². The first-order valence-electron chi connectivity index (χ1n) is 7.33. The fourth-order valence-corrected chi connectivity index (χ4v) is 3.74. The van der Waals surface area contributed by atoms with Crippen molar-refractivity contribution in [1.82, 2.24) is 9.97 Å². The summed E-state index contributed by atoms with van der Waals surface area (Å²) in [5, 5.41) is 3.57. The van der Waals surface area contributed by atoms with Crippen LogP contribution in [0.15, 0.2) is 30.5 Å². The van der Waals surface area contributed by atoms with Gasteiger partial charge >= 0.3 is 0 Å². The van der Waals surface area contributed by atoms with Gasteiger partial charge in [0.05, 0.1) is 23.3 Å². The summed E-state index contributed by atoms with van der Waals surface area (Å²) >= 11 is 0. The van der Waals surface area contributed by atoms with Crippen LogP contribution in [0.3, 0.4) is 0 Å². The van der Waals surface area contributed by atoms with Crippen molar-refractivity contribution in [3.63, 3.8) is 0 Å². The number of rotatable bonds is 3. The Morgan fingerprint density at radius 2 is 2.05 bits per heavy atom. The molecule has 1 aromatic carbocycles. The second kappa shape index (κ2) is 4.42. The molecule has 0 aliphatic heterocycles. The topological polar surface area (TPSA) is 47.0 Å². The van der Waals surface area contributed by atoms with Crippen LogP contribution >= 0.6 is 0 Å². The number of aromatic nitrogens is 2. The maximum absolute atomic E-state index is 5.61. The highest BCUT2D eigenvalue weighted by Crippen LogP contribution is 2.57. The fraction of sp³-hybridized carbons (Fsp3) is 0.500. The lowest BCUT2D eigenvalue weighted by Gasteiger charge is -2.60. The molecule has 0 bridgehead atoms. The Bertz CT molecular complexity index is 638. The molecule has 104 valence electrons. The van der Waals surface area contributed by atoms with Crippen molar-refractivity contribution in [2.45, 2.75) is 37.8 Å². The Morgan fingerprint density at radius 3 is 2.75 bits per heavy atom. The van der Waals surface area contributed by atoms with Gasteiger partial charge in [0.25, 0.3) is 0 Å². The lowest BCUT2D eigenvalue weighted by atomic mass is 9.51. The molecule has 20 heavy (non-hydrogen) atoms. The number of nitrogens with zero attached hydrogens (tertiary/aromatic N) is 2. The number of ether oxygens (including phenoxy) is 1. The van der Waals surface area contributed by atoms with Gasteiger partial charge in [0, 0.05) is 18.6 Å². The normalized spacial score (nSPS) is 27.1. The maximum Gasteiger partial charge on any atom is 0.145 e. The highest BCUT2D eigenvalue weighted by atomic mass is 16.5. The summed E-state index contributed by atoms with van der Waals surface area (Å²) in [5.74, 6) is 0.884. The van der Waals surface area contributed by atoms with E-state index in [0.29, 0.717) is 17.6 Å². The summed E-state index contributed by atoms with van der Waals surface area (Å²) in [6.07, 6.45) is 7.19. The number of benzene rings is 1. The largest absolute Gasteiger partial charge is 0.381 e. The zero-order chi connectivity index (χ0) is 13.6. The van der Waals surface area contributed by atoms with Crippen LogP contribution in [0.5, 0.6) is 0 Å². The van der Waals surface area contributed by atoms with Gasteiger partial charge in [-0.25, -0.2) is 4.98 Å². The van der Waals surface area contributed by atoms with E-state index in [0.717, 1.165) is 23.3 Å². The van der Waals surface area contributed by atoms with Crippen LogP contribution in [0, 0.1) is 5.41 Å². The predicted molar refractivity (Wildman–Crippen MR) is 78.6 cm³/mol. The van der Waals surface area contributed by atoms with E-state index in [1.807, 2.05) is 37.6 Å². The Labute approximate surface area is 118 Å². The molecule has 0 radical (unpaired) electrons. The molecule has 4 nitrogen and oxygen atoms in total. The predicted octanol–water partition coefficient (Wildman–Crippen LogP) is 3.00. The second-order valence-electron chi connectivity index (χ2n) is 5.99. The molecule has 2 fully saturated rings. The molecule has 2 aliphatic rings. The monoisotopic (exact) mass is 269 g/mol. The van der Waals surface area contributed by atoms with Gasteiger partial charge < -0.3 is 10.1 Å². The number of para-hydroxylation sites is 2. The van der Waals surface area contributed by atoms with Gasteiger partial charge in [0.15, 0.2) is 0 Å². The minimum absolute atomic E-state index is 0.349. The summed E-state index contributed by atoms with van der Waals surface area (Å²) < 4.78 is 5.61. The lowest BCUT2D eigenvalue weighted by molar-refractivity contribution is -0.145. The van der Waals surface area contributed by atoms with Gasteiger partial charge in [-0.15, -0.1) is 0 Å². The summed E-state index contributed by atoms with van der Waals surface area (Å²) in [5.41, 5.74) is 2.24. The fourth-order valence-electron chi connectivity index (χ4n) is 3.74. The highest BCUT2D eigenvalue weighted by Gasteiger charge is 2.58. The molecule has 1 aromatic heterocycles. The third-order valence-corrected chi connectivity index (χ3v) is 5.12. The minimum atomic E-state index is 0.349. The first kappa shape index (κ1) is 12.1. The average molecular weight is 269 g/mol. The van der Waals surface area contributed by atoms with Crippen LogP contribution in [0.25, 0.3) is 11.0 Å². The maximum atomic E-state index is 5.61. The van der Waals surface area contributed by atoms with Crippen LogP contribution in [0.4, 0.5) is 5.82 Å². The van der Waals surface area contributed by atoms with E-state index in [2.05, 4.69) is 15.3 Å². The zero-order valence-corrected chi connectivity index (χ0v) is 11.7. The molecule has 1 heterocycles. The third kappa shape index (κ3) is 1.64. The minimum Gasteiger partial charge on any atom is -0.381 e. The second-order valence-corrected chi connectivity index (χ2v) is 5.99. The van der Waals surface area contributed by atoms with Crippen LogP contribution < -0.4 is 5.32 Å². The van der Waals surface area contributed by atoms with Crippen molar-refractivity contribution in [2.75, 3.05) is 12.4 Å². The van der Waals surface area contributed by atoms with Crippen LogP contribution in [-0.2, 0) is 4.74 Å². The molecule has 2 aliphatic carbocycles. The van der Waals surface area contributed by atoms with Gasteiger partial charge in [-0.05, 0) is 31.4 Å². The van der Waals surface area contributed by atoms with E-state index in [9.17, 15) is 0 Å². The summed E-state index contributed by atoms with van der Waals surface area (Å²) in [7, 11) is 1.83. The van der Waals surface area contributed by atoms with E-state index in [-0.39, 0.29) is 0 Å². The Balaban J connectivity index is 1.56. The smallest absolute Gasteiger partial charge is 0.145 e. The van der Waals surface area contributed by atoms with Crippen molar-refractivity contribution < 1.29 is 4.74 Å². The van der Waals surface area contributed by atoms with E-state index >= 15 is 0 Å². The highest BCUT2D eigenvalue weighted by molar-refractivity contribution is 5.75. The van der Waals surface area contributed by atoms with E-state index in [1.165, 1.54) is 19.3 Å². The first-order chi connectivity index (χ1) is 9.82. The molecular weight excluding hydrogens is 250 g/mol. The quantitative estimate of drug-likeness (QED) is 0.930. The Kier molecular flexibility index (Phi) is 2.67.